The molecule has 2 amide bonds. The van der Waals surface area contributed by atoms with Gasteiger partial charge in [-0.1, -0.05) is 6.07 Å². The number of halogens is 1. The predicted molar refractivity (Wildman–Crippen MR) is 102 cm³/mol. The number of carbonyl (C=O) groups excluding carboxylic acids is 2. The first-order valence-electron chi connectivity index (χ1n) is 8.89. The standard InChI is InChI=1S/C19H27N3O2.ClH/c1-12-9-13(2)11-15(10-12)22-8-6-16(19(22)24)18(23)21-17-5-4-7-20-14(17)3;/h9-11,14,16-17,20H,4-8H2,1-3H3,(H,21,23);1H. The maximum Gasteiger partial charge on any atom is 0.239 e. The molecule has 6 heteroatoms. The summed E-state index contributed by atoms with van der Waals surface area (Å²) in [4.78, 5) is 27.1. The molecule has 2 heterocycles. The summed E-state index contributed by atoms with van der Waals surface area (Å²) in [6, 6.07) is 6.49. The molecule has 2 aliphatic heterocycles. The molecule has 0 aliphatic carbocycles. The third-order valence-corrected chi connectivity index (χ3v) is 5.13. The van der Waals surface area contributed by atoms with Crippen LogP contribution in [-0.4, -0.2) is 37.0 Å². The lowest BCUT2D eigenvalue weighted by Crippen LogP contribution is -2.53. The molecular formula is C19H28ClN3O2. The van der Waals surface area contributed by atoms with Crippen LogP contribution in [0.5, 0.6) is 0 Å². The minimum atomic E-state index is -0.556. The van der Waals surface area contributed by atoms with Crippen molar-refractivity contribution in [3.8, 4) is 0 Å². The van der Waals surface area contributed by atoms with Crippen molar-refractivity contribution in [2.24, 2.45) is 5.92 Å². The van der Waals surface area contributed by atoms with Crippen LogP contribution >= 0.6 is 12.4 Å². The van der Waals surface area contributed by atoms with Crippen LogP contribution in [0.3, 0.4) is 0 Å². The van der Waals surface area contributed by atoms with Crippen LogP contribution in [0.1, 0.15) is 37.3 Å². The Morgan fingerprint density at radius 1 is 1.20 bits per heavy atom. The number of piperidine rings is 1. The zero-order chi connectivity index (χ0) is 17.3. The van der Waals surface area contributed by atoms with E-state index in [4.69, 9.17) is 0 Å². The number of benzene rings is 1. The minimum Gasteiger partial charge on any atom is -0.351 e. The maximum atomic E-state index is 12.7. The number of hydrogen-bond acceptors (Lipinski definition) is 3. The van der Waals surface area contributed by atoms with E-state index in [1.807, 2.05) is 26.0 Å². The minimum absolute atomic E-state index is 0. The molecule has 0 aromatic heterocycles. The number of carbonyl (C=O) groups is 2. The Hall–Kier alpha value is -1.59. The van der Waals surface area contributed by atoms with Crippen molar-refractivity contribution in [2.75, 3.05) is 18.0 Å². The Bertz CT molecular complexity index is 629. The van der Waals surface area contributed by atoms with E-state index in [2.05, 4.69) is 23.6 Å². The molecule has 138 valence electrons. The smallest absolute Gasteiger partial charge is 0.239 e. The highest BCUT2D eigenvalue weighted by atomic mass is 35.5. The van der Waals surface area contributed by atoms with Crippen LogP contribution < -0.4 is 15.5 Å². The number of amides is 2. The van der Waals surface area contributed by atoms with Gasteiger partial charge >= 0.3 is 0 Å². The molecule has 0 radical (unpaired) electrons. The first-order chi connectivity index (χ1) is 11.5. The fourth-order valence-electron chi connectivity index (χ4n) is 3.81. The first kappa shape index (κ1) is 19.7. The Labute approximate surface area is 155 Å². The molecule has 1 aromatic carbocycles. The van der Waals surface area contributed by atoms with Crippen LogP contribution in [0.25, 0.3) is 0 Å². The second-order valence-electron chi connectivity index (χ2n) is 7.18. The average Bonchev–Trinajstić information content (AvgIpc) is 2.90. The van der Waals surface area contributed by atoms with Crippen LogP contribution in [0.4, 0.5) is 5.69 Å². The fraction of sp³-hybridized carbons (Fsp3) is 0.579. The van der Waals surface area contributed by atoms with E-state index in [1.54, 1.807) is 4.90 Å². The Morgan fingerprint density at radius 3 is 2.52 bits per heavy atom. The van der Waals surface area contributed by atoms with Crippen molar-refractivity contribution in [1.29, 1.82) is 0 Å². The van der Waals surface area contributed by atoms with Gasteiger partial charge in [-0.3, -0.25) is 9.59 Å². The van der Waals surface area contributed by atoms with Gasteiger partial charge in [0, 0.05) is 24.3 Å². The van der Waals surface area contributed by atoms with Crippen molar-refractivity contribution in [2.45, 2.75) is 52.1 Å². The van der Waals surface area contributed by atoms with Gasteiger partial charge in [0.2, 0.25) is 11.8 Å². The highest BCUT2D eigenvalue weighted by Gasteiger charge is 2.38. The number of anilines is 1. The molecule has 2 N–H and O–H groups in total. The SMILES string of the molecule is Cc1cc(C)cc(N2CCC(C(=O)NC3CCCNC3C)C2=O)c1.Cl. The van der Waals surface area contributed by atoms with Gasteiger partial charge < -0.3 is 15.5 Å². The second kappa shape index (κ2) is 8.19. The summed E-state index contributed by atoms with van der Waals surface area (Å²) in [6.07, 6.45) is 2.62. The number of nitrogens with one attached hydrogen (secondary N) is 2. The zero-order valence-electron chi connectivity index (χ0n) is 15.2. The van der Waals surface area contributed by atoms with Crippen molar-refractivity contribution in [1.82, 2.24) is 10.6 Å². The highest BCUT2D eigenvalue weighted by Crippen LogP contribution is 2.27. The number of nitrogens with zero attached hydrogens (tertiary/aromatic N) is 1. The Kier molecular flexibility index (Phi) is 6.47. The van der Waals surface area contributed by atoms with Gasteiger partial charge in [0.05, 0.1) is 0 Å². The zero-order valence-corrected chi connectivity index (χ0v) is 16.0. The highest BCUT2D eigenvalue weighted by molar-refractivity contribution is 6.09. The number of rotatable bonds is 3. The second-order valence-corrected chi connectivity index (χ2v) is 7.18. The first-order valence-corrected chi connectivity index (χ1v) is 8.89. The molecule has 5 nitrogen and oxygen atoms in total. The molecule has 2 saturated heterocycles. The van der Waals surface area contributed by atoms with E-state index >= 15 is 0 Å². The summed E-state index contributed by atoms with van der Waals surface area (Å²) in [5.74, 6) is -0.749. The molecule has 0 bridgehead atoms. The van der Waals surface area contributed by atoms with E-state index in [1.165, 1.54) is 0 Å². The van der Waals surface area contributed by atoms with E-state index in [0.717, 1.165) is 36.2 Å². The normalized spacial score (nSPS) is 26.3. The van der Waals surface area contributed by atoms with E-state index in [9.17, 15) is 9.59 Å². The summed E-state index contributed by atoms with van der Waals surface area (Å²) >= 11 is 0. The summed E-state index contributed by atoms with van der Waals surface area (Å²) in [5, 5.41) is 6.46. The van der Waals surface area contributed by atoms with Crippen molar-refractivity contribution in [3.63, 3.8) is 0 Å². The molecule has 3 atom stereocenters. The lowest BCUT2D eigenvalue weighted by atomic mass is 9.98. The molecule has 0 spiro atoms. The van der Waals surface area contributed by atoms with Gasteiger partial charge in [0.1, 0.15) is 5.92 Å². The summed E-state index contributed by atoms with van der Waals surface area (Å²) < 4.78 is 0. The molecular weight excluding hydrogens is 338 g/mol. The molecule has 25 heavy (non-hydrogen) atoms. The van der Waals surface area contributed by atoms with Gasteiger partial charge in [-0.25, -0.2) is 0 Å². The lowest BCUT2D eigenvalue weighted by molar-refractivity contribution is -0.132. The molecule has 3 rings (SSSR count). The van der Waals surface area contributed by atoms with Crippen molar-refractivity contribution >= 4 is 29.9 Å². The van der Waals surface area contributed by atoms with Crippen LogP contribution in [0.2, 0.25) is 0 Å². The average molecular weight is 366 g/mol. The third kappa shape index (κ3) is 4.33. The molecule has 1 aromatic rings. The van der Waals surface area contributed by atoms with E-state index in [-0.39, 0.29) is 36.3 Å². The fourth-order valence-corrected chi connectivity index (χ4v) is 3.81. The summed E-state index contributed by atoms with van der Waals surface area (Å²) in [7, 11) is 0. The van der Waals surface area contributed by atoms with E-state index in [0.29, 0.717) is 13.0 Å². The Morgan fingerprint density at radius 2 is 1.88 bits per heavy atom. The molecule has 2 fully saturated rings. The van der Waals surface area contributed by atoms with Crippen molar-refractivity contribution < 1.29 is 9.59 Å². The van der Waals surface area contributed by atoms with Gasteiger partial charge in [-0.05, 0) is 69.8 Å². The summed E-state index contributed by atoms with van der Waals surface area (Å²) in [5.41, 5.74) is 3.17. The maximum absolute atomic E-state index is 12.7. The topological polar surface area (TPSA) is 61.4 Å². The molecule has 0 saturated carbocycles. The monoisotopic (exact) mass is 365 g/mol. The Balaban J connectivity index is 0.00000225. The molecule has 3 unspecified atom stereocenters. The quantitative estimate of drug-likeness (QED) is 0.808. The van der Waals surface area contributed by atoms with Crippen LogP contribution in [-0.2, 0) is 9.59 Å². The predicted octanol–water partition coefficient (Wildman–Crippen LogP) is 2.33. The van der Waals surface area contributed by atoms with Gasteiger partial charge in [0.25, 0.3) is 0 Å². The van der Waals surface area contributed by atoms with Gasteiger partial charge in [-0.2, -0.15) is 0 Å². The number of aryl methyl sites for hydroxylation is 2. The van der Waals surface area contributed by atoms with Crippen LogP contribution in [0, 0.1) is 19.8 Å². The summed E-state index contributed by atoms with van der Waals surface area (Å²) in [6.45, 7) is 7.74. The van der Waals surface area contributed by atoms with Crippen molar-refractivity contribution in [3.05, 3.63) is 29.3 Å². The molecule has 2 aliphatic rings. The largest absolute Gasteiger partial charge is 0.351 e. The number of hydrogen-bond donors (Lipinski definition) is 2. The van der Waals surface area contributed by atoms with Gasteiger partial charge in [0.15, 0.2) is 0 Å². The lowest BCUT2D eigenvalue weighted by Gasteiger charge is -2.31. The van der Waals surface area contributed by atoms with E-state index < -0.39 is 5.92 Å². The van der Waals surface area contributed by atoms with Crippen LogP contribution in [0.15, 0.2) is 18.2 Å². The third-order valence-electron chi connectivity index (χ3n) is 5.13. The van der Waals surface area contributed by atoms with Gasteiger partial charge in [-0.15, -0.1) is 12.4 Å².